The molecule has 16 heavy (non-hydrogen) atoms. The fourth-order valence-electron chi connectivity index (χ4n) is 1.42. The van der Waals surface area contributed by atoms with Gasteiger partial charge in [-0.3, -0.25) is 9.78 Å². The number of aromatic nitrogens is 1. The van der Waals surface area contributed by atoms with Crippen LogP contribution in [0.1, 0.15) is 37.0 Å². The predicted molar refractivity (Wildman–Crippen MR) is 65.1 cm³/mol. The van der Waals surface area contributed by atoms with Gasteiger partial charge in [0.05, 0.1) is 17.4 Å². The number of amides is 1. The van der Waals surface area contributed by atoms with E-state index in [0.717, 1.165) is 12.8 Å². The molecule has 0 spiro atoms. The maximum absolute atomic E-state index is 11.7. The van der Waals surface area contributed by atoms with Gasteiger partial charge >= 0.3 is 0 Å². The van der Waals surface area contributed by atoms with Gasteiger partial charge in [0.25, 0.3) is 5.91 Å². The SMILES string of the molecule is CC(C)CCCNC(=O)c1ccncc1N. The van der Waals surface area contributed by atoms with Gasteiger partial charge in [-0.15, -0.1) is 0 Å². The van der Waals surface area contributed by atoms with Gasteiger partial charge < -0.3 is 11.1 Å². The zero-order chi connectivity index (χ0) is 12.0. The molecule has 0 aliphatic rings. The van der Waals surface area contributed by atoms with Crippen molar-refractivity contribution < 1.29 is 4.79 Å². The highest BCUT2D eigenvalue weighted by atomic mass is 16.1. The van der Waals surface area contributed by atoms with Crippen LogP contribution in [-0.4, -0.2) is 17.4 Å². The molecule has 0 saturated heterocycles. The second-order valence-corrected chi connectivity index (χ2v) is 4.25. The Hall–Kier alpha value is -1.58. The Morgan fingerprint density at radius 2 is 2.31 bits per heavy atom. The van der Waals surface area contributed by atoms with E-state index in [-0.39, 0.29) is 5.91 Å². The monoisotopic (exact) mass is 221 g/mol. The lowest BCUT2D eigenvalue weighted by molar-refractivity contribution is 0.0953. The summed E-state index contributed by atoms with van der Waals surface area (Å²) in [6.45, 7) is 5.03. The standard InChI is InChI=1S/C12H19N3O/c1-9(2)4-3-6-15-12(16)10-5-7-14-8-11(10)13/h5,7-9H,3-4,6,13H2,1-2H3,(H,15,16). The molecule has 0 radical (unpaired) electrons. The number of rotatable bonds is 5. The summed E-state index contributed by atoms with van der Waals surface area (Å²) in [6.07, 6.45) is 5.17. The Bertz CT molecular complexity index is 350. The minimum Gasteiger partial charge on any atom is -0.397 e. The summed E-state index contributed by atoms with van der Waals surface area (Å²) in [5.74, 6) is 0.548. The summed E-state index contributed by atoms with van der Waals surface area (Å²) in [7, 11) is 0. The summed E-state index contributed by atoms with van der Waals surface area (Å²) in [5, 5.41) is 2.85. The quantitative estimate of drug-likeness (QED) is 0.745. The molecule has 4 nitrogen and oxygen atoms in total. The van der Waals surface area contributed by atoms with Crippen LogP contribution in [0, 0.1) is 5.92 Å². The van der Waals surface area contributed by atoms with E-state index in [1.807, 2.05) is 0 Å². The van der Waals surface area contributed by atoms with Crippen LogP contribution in [0.15, 0.2) is 18.5 Å². The van der Waals surface area contributed by atoms with Crippen molar-refractivity contribution in [1.29, 1.82) is 0 Å². The van der Waals surface area contributed by atoms with Crippen molar-refractivity contribution in [2.24, 2.45) is 5.92 Å². The lowest BCUT2D eigenvalue weighted by Crippen LogP contribution is -2.25. The van der Waals surface area contributed by atoms with Crippen LogP contribution < -0.4 is 11.1 Å². The van der Waals surface area contributed by atoms with Gasteiger partial charge in [-0.25, -0.2) is 0 Å². The van der Waals surface area contributed by atoms with Crippen molar-refractivity contribution in [2.45, 2.75) is 26.7 Å². The Morgan fingerprint density at radius 3 is 2.94 bits per heavy atom. The van der Waals surface area contributed by atoms with E-state index in [1.165, 1.54) is 6.20 Å². The summed E-state index contributed by atoms with van der Waals surface area (Å²) >= 11 is 0. The van der Waals surface area contributed by atoms with E-state index < -0.39 is 0 Å². The van der Waals surface area contributed by atoms with Gasteiger partial charge in [0.2, 0.25) is 0 Å². The van der Waals surface area contributed by atoms with Crippen molar-refractivity contribution in [3.63, 3.8) is 0 Å². The Kier molecular flexibility index (Phi) is 4.76. The molecule has 0 aliphatic heterocycles. The first-order valence-electron chi connectivity index (χ1n) is 5.59. The lowest BCUT2D eigenvalue weighted by Gasteiger charge is -2.08. The van der Waals surface area contributed by atoms with Crippen molar-refractivity contribution in [1.82, 2.24) is 10.3 Å². The van der Waals surface area contributed by atoms with Crippen LogP contribution >= 0.6 is 0 Å². The molecule has 0 unspecified atom stereocenters. The minimum atomic E-state index is -0.122. The molecule has 0 saturated carbocycles. The smallest absolute Gasteiger partial charge is 0.253 e. The number of nitrogens with one attached hydrogen (secondary N) is 1. The molecule has 0 aromatic carbocycles. The van der Waals surface area contributed by atoms with E-state index in [0.29, 0.717) is 23.7 Å². The molecule has 1 heterocycles. The van der Waals surface area contributed by atoms with Crippen LogP contribution in [0.25, 0.3) is 0 Å². The van der Waals surface area contributed by atoms with E-state index >= 15 is 0 Å². The van der Waals surface area contributed by atoms with Gasteiger partial charge in [0.1, 0.15) is 0 Å². The molecule has 1 rings (SSSR count). The van der Waals surface area contributed by atoms with Gasteiger partial charge in [-0.05, 0) is 24.8 Å². The number of carbonyl (C=O) groups is 1. The Labute approximate surface area is 96.3 Å². The first kappa shape index (κ1) is 12.5. The molecule has 1 aromatic rings. The number of anilines is 1. The maximum atomic E-state index is 11.7. The highest BCUT2D eigenvalue weighted by molar-refractivity contribution is 5.98. The third kappa shape index (κ3) is 3.88. The highest BCUT2D eigenvalue weighted by Gasteiger charge is 2.07. The average Bonchev–Trinajstić information content (AvgIpc) is 2.24. The second-order valence-electron chi connectivity index (χ2n) is 4.25. The molecule has 3 N–H and O–H groups in total. The molecule has 0 atom stereocenters. The molecule has 1 aromatic heterocycles. The molecular weight excluding hydrogens is 202 g/mol. The van der Waals surface area contributed by atoms with E-state index in [4.69, 9.17) is 5.73 Å². The van der Waals surface area contributed by atoms with E-state index in [9.17, 15) is 4.79 Å². The van der Waals surface area contributed by atoms with E-state index in [1.54, 1.807) is 12.3 Å². The van der Waals surface area contributed by atoms with Crippen LogP contribution in [0.5, 0.6) is 0 Å². The van der Waals surface area contributed by atoms with Crippen LogP contribution in [0.3, 0.4) is 0 Å². The molecule has 4 heteroatoms. The number of nitrogens with zero attached hydrogens (tertiary/aromatic N) is 1. The number of hydrogen-bond acceptors (Lipinski definition) is 3. The van der Waals surface area contributed by atoms with Gasteiger partial charge in [0, 0.05) is 12.7 Å². The van der Waals surface area contributed by atoms with Crippen LogP contribution in [0.4, 0.5) is 5.69 Å². The average molecular weight is 221 g/mol. The van der Waals surface area contributed by atoms with Crippen LogP contribution in [-0.2, 0) is 0 Å². The summed E-state index contributed by atoms with van der Waals surface area (Å²) < 4.78 is 0. The molecule has 0 bridgehead atoms. The zero-order valence-corrected chi connectivity index (χ0v) is 9.86. The van der Waals surface area contributed by atoms with Gasteiger partial charge in [-0.1, -0.05) is 13.8 Å². The first-order valence-corrected chi connectivity index (χ1v) is 5.59. The zero-order valence-electron chi connectivity index (χ0n) is 9.86. The van der Waals surface area contributed by atoms with Gasteiger partial charge in [0.15, 0.2) is 0 Å². The fraction of sp³-hybridized carbons (Fsp3) is 0.500. The normalized spacial score (nSPS) is 10.4. The van der Waals surface area contributed by atoms with Crippen molar-refractivity contribution in [2.75, 3.05) is 12.3 Å². The van der Waals surface area contributed by atoms with Crippen LogP contribution in [0.2, 0.25) is 0 Å². The second kappa shape index (κ2) is 6.10. The van der Waals surface area contributed by atoms with E-state index in [2.05, 4.69) is 24.1 Å². The summed E-state index contributed by atoms with van der Waals surface area (Å²) in [5.41, 5.74) is 6.57. The third-order valence-corrected chi connectivity index (χ3v) is 2.34. The van der Waals surface area contributed by atoms with Crippen molar-refractivity contribution in [3.8, 4) is 0 Å². The molecule has 88 valence electrons. The highest BCUT2D eigenvalue weighted by Crippen LogP contribution is 2.08. The number of pyridine rings is 1. The molecule has 0 fully saturated rings. The van der Waals surface area contributed by atoms with Crippen molar-refractivity contribution in [3.05, 3.63) is 24.0 Å². The Morgan fingerprint density at radius 1 is 1.56 bits per heavy atom. The number of nitrogen functional groups attached to an aromatic ring is 1. The van der Waals surface area contributed by atoms with Gasteiger partial charge in [-0.2, -0.15) is 0 Å². The molecular formula is C12H19N3O. The molecule has 1 amide bonds. The largest absolute Gasteiger partial charge is 0.397 e. The number of nitrogens with two attached hydrogens (primary N) is 1. The summed E-state index contributed by atoms with van der Waals surface area (Å²) in [4.78, 5) is 15.5. The predicted octanol–water partition coefficient (Wildman–Crippen LogP) is 1.83. The Balaban J connectivity index is 2.39. The number of carbonyl (C=O) groups excluding carboxylic acids is 1. The topological polar surface area (TPSA) is 68.0 Å². The minimum absolute atomic E-state index is 0.122. The molecule has 0 aliphatic carbocycles. The first-order chi connectivity index (χ1) is 7.61. The lowest BCUT2D eigenvalue weighted by atomic mass is 10.1. The third-order valence-electron chi connectivity index (χ3n) is 2.34. The maximum Gasteiger partial charge on any atom is 0.253 e. The number of hydrogen-bond donors (Lipinski definition) is 2. The van der Waals surface area contributed by atoms with Crippen molar-refractivity contribution >= 4 is 11.6 Å². The summed E-state index contributed by atoms with van der Waals surface area (Å²) in [6, 6.07) is 1.63. The fourth-order valence-corrected chi connectivity index (χ4v) is 1.42.